The highest BCUT2D eigenvalue weighted by Gasteiger charge is 2.29. The molecule has 1 fully saturated rings. The van der Waals surface area contributed by atoms with Crippen LogP contribution >= 0.6 is 0 Å². The summed E-state index contributed by atoms with van der Waals surface area (Å²) in [4.78, 5) is 24.3. The molecule has 1 heterocycles. The summed E-state index contributed by atoms with van der Waals surface area (Å²) in [6.45, 7) is 2.39. The van der Waals surface area contributed by atoms with Crippen molar-refractivity contribution in [3.63, 3.8) is 0 Å². The lowest BCUT2D eigenvalue weighted by molar-refractivity contribution is -0.128. The Morgan fingerprint density at radius 1 is 1.67 bits per heavy atom. The Labute approximate surface area is 89.4 Å². The summed E-state index contributed by atoms with van der Waals surface area (Å²) in [6, 6.07) is -0.960. The lowest BCUT2D eigenvalue weighted by Crippen LogP contribution is -2.50. The number of carbonyl (C=O) groups excluding carboxylic acids is 2. The second-order valence-corrected chi connectivity index (χ2v) is 4.05. The van der Waals surface area contributed by atoms with Crippen LogP contribution < -0.4 is 5.32 Å². The van der Waals surface area contributed by atoms with E-state index in [2.05, 4.69) is 5.32 Å². The number of likely N-dealkylation sites (N-methyl/N-ethyl adjacent to an activating group) is 1. The van der Waals surface area contributed by atoms with Crippen LogP contribution in [0.5, 0.6) is 0 Å². The van der Waals surface area contributed by atoms with Gasteiger partial charge in [0.1, 0.15) is 12.3 Å². The summed E-state index contributed by atoms with van der Waals surface area (Å²) < 4.78 is 0. The van der Waals surface area contributed by atoms with Gasteiger partial charge in [0, 0.05) is 0 Å². The van der Waals surface area contributed by atoms with Crippen LogP contribution in [0.15, 0.2) is 0 Å². The monoisotopic (exact) mass is 214 g/mol. The first kappa shape index (κ1) is 12.1. The maximum atomic E-state index is 11.7. The third-order valence-corrected chi connectivity index (χ3v) is 2.80. The highest BCUT2D eigenvalue weighted by Crippen LogP contribution is 2.14. The largest absolute Gasteiger partial charge is 0.391 e. The number of likely N-dealkylation sites (tertiary alicyclic amines) is 1. The van der Waals surface area contributed by atoms with Gasteiger partial charge in [0.2, 0.25) is 5.91 Å². The number of aliphatic hydroxyl groups is 1. The van der Waals surface area contributed by atoms with E-state index in [1.807, 2.05) is 11.9 Å². The van der Waals surface area contributed by atoms with Crippen molar-refractivity contribution in [2.24, 2.45) is 0 Å². The molecule has 1 amide bonds. The Morgan fingerprint density at radius 3 is 2.73 bits per heavy atom. The van der Waals surface area contributed by atoms with E-state index in [1.165, 1.54) is 6.92 Å². The molecule has 86 valence electrons. The van der Waals surface area contributed by atoms with Crippen molar-refractivity contribution in [3.05, 3.63) is 0 Å². The first-order valence-electron chi connectivity index (χ1n) is 5.20. The number of hydrogen-bond donors (Lipinski definition) is 2. The molecule has 3 atom stereocenters. The Morgan fingerprint density at radius 2 is 2.33 bits per heavy atom. The predicted octanol–water partition coefficient (Wildman–Crippen LogP) is -0.855. The van der Waals surface area contributed by atoms with Crippen molar-refractivity contribution < 1.29 is 14.7 Å². The Balaban J connectivity index is 2.50. The van der Waals surface area contributed by atoms with E-state index in [-0.39, 0.29) is 11.9 Å². The van der Waals surface area contributed by atoms with Gasteiger partial charge < -0.3 is 15.2 Å². The summed E-state index contributed by atoms with van der Waals surface area (Å²) >= 11 is 0. The standard InChI is InChI=1S/C10H18N2O3/c1-7(14)8(6-13)11-10(15)9-4-3-5-12(9)2/h6-9,14H,3-5H2,1-2H3,(H,11,15)/t7-,8-,9+/m1/s1. The molecular formula is C10H18N2O3. The van der Waals surface area contributed by atoms with E-state index in [4.69, 9.17) is 0 Å². The summed E-state index contributed by atoms with van der Waals surface area (Å²) in [6.07, 6.45) is 1.53. The van der Waals surface area contributed by atoms with Crippen LogP contribution in [0.2, 0.25) is 0 Å². The molecular weight excluding hydrogens is 196 g/mol. The molecule has 0 spiro atoms. The van der Waals surface area contributed by atoms with Crippen LogP contribution in [0, 0.1) is 0 Å². The van der Waals surface area contributed by atoms with Crippen LogP contribution in [-0.2, 0) is 9.59 Å². The topological polar surface area (TPSA) is 69.6 Å². The van der Waals surface area contributed by atoms with E-state index in [9.17, 15) is 14.7 Å². The number of nitrogens with one attached hydrogen (secondary N) is 1. The van der Waals surface area contributed by atoms with Gasteiger partial charge in [-0.3, -0.25) is 9.69 Å². The zero-order chi connectivity index (χ0) is 11.4. The molecule has 0 bridgehead atoms. The zero-order valence-electron chi connectivity index (χ0n) is 9.14. The molecule has 2 N–H and O–H groups in total. The Hall–Kier alpha value is -0.940. The zero-order valence-corrected chi connectivity index (χ0v) is 9.14. The van der Waals surface area contributed by atoms with Crippen molar-refractivity contribution in [3.8, 4) is 0 Å². The molecule has 5 heteroatoms. The van der Waals surface area contributed by atoms with Gasteiger partial charge in [-0.25, -0.2) is 0 Å². The highest BCUT2D eigenvalue weighted by molar-refractivity contribution is 5.84. The smallest absolute Gasteiger partial charge is 0.238 e. The van der Waals surface area contributed by atoms with Crippen molar-refractivity contribution in [2.75, 3.05) is 13.6 Å². The number of aliphatic hydroxyl groups excluding tert-OH is 1. The average molecular weight is 214 g/mol. The molecule has 15 heavy (non-hydrogen) atoms. The molecule has 1 aliphatic heterocycles. The number of rotatable bonds is 4. The number of hydrogen-bond acceptors (Lipinski definition) is 4. The summed E-state index contributed by atoms with van der Waals surface area (Å²) in [5.74, 6) is -0.173. The van der Waals surface area contributed by atoms with Crippen molar-refractivity contribution in [1.29, 1.82) is 0 Å². The van der Waals surface area contributed by atoms with Gasteiger partial charge in [0.15, 0.2) is 0 Å². The molecule has 5 nitrogen and oxygen atoms in total. The van der Waals surface area contributed by atoms with Gasteiger partial charge in [-0.15, -0.1) is 0 Å². The van der Waals surface area contributed by atoms with Gasteiger partial charge in [-0.1, -0.05) is 0 Å². The number of carbonyl (C=O) groups is 2. The third kappa shape index (κ3) is 3.00. The lowest BCUT2D eigenvalue weighted by atomic mass is 10.1. The molecule has 0 radical (unpaired) electrons. The van der Waals surface area contributed by atoms with E-state index in [0.29, 0.717) is 6.29 Å². The van der Waals surface area contributed by atoms with Gasteiger partial charge in [0.25, 0.3) is 0 Å². The van der Waals surface area contributed by atoms with Gasteiger partial charge in [-0.05, 0) is 33.4 Å². The molecule has 0 unspecified atom stereocenters. The number of nitrogens with zero attached hydrogens (tertiary/aromatic N) is 1. The van der Waals surface area contributed by atoms with Gasteiger partial charge in [0.05, 0.1) is 12.1 Å². The van der Waals surface area contributed by atoms with Crippen LogP contribution in [0.3, 0.4) is 0 Å². The van der Waals surface area contributed by atoms with Crippen molar-refractivity contribution in [1.82, 2.24) is 10.2 Å². The summed E-state index contributed by atoms with van der Waals surface area (Å²) in [5.41, 5.74) is 0. The fourth-order valence-electron chi connectivity index (χ4n) is 1.77. The maximum absolute atomic E-state index is 11.7. The van der Waals surface area contributed by atoms with Gasteiger partial charge >= 0.3 is 0 Å². The van der Waals surface area contributed by atoms with Gasteiger partial charge in [-0.2, -0.15) is 0 Å². The second kappa shape index (κ2) is 5.23. The Kier molecular flexibility index (Phi) is 4.23. The molecule has 0 aromatic heterocycles. The average Bonchev–Trinajstić information content (AvgIpc) is 2.60. The summed E-state index contributed by atoms with van der Waals surface area (Å²) in [5, 5.41) is 11.7. The highest BCUT2D eigenvalue weighted by atomic mass is 16.3. The second-order valence-electron chi connectivity index (χ2n) is 4.05. The first-order valence-corrected chi connectivity index (χ1v) is 5.20. The molecule has 0 saturated carbocycles. The fraction of sp³-hybridized carbons (Fsp3) is 0.800. The van der Waals surface area contributed by atoms with E-state index >= 15 is 0 Å². The van der Waals surface area contributed by atoms with Crippen LogP contribution in [0.4, 0.5) is 0 Å². The maximum Gasteiger partial charge on any atom is 0.238 e. The molecule has 1 saturated heterocycles. The van der Waals surface area contributed by atoms with E-state index in [0.717, 1.165) is 19.4 Å². The lowest BCUT2D eigenvalue weighted by Gasteiger charge is -2.22. The number of aldehydes is 1. The molecule has 0 aromatic carbocycles. The molecule has 1 aliphatic rings. The van der Waals surface area contributed by atoms with Crippen molar-refractivity contribution >= 4 is 12.2 Å². The molecule has 1 rings (SSSR count). The van der Waals surface area contributed by atoms with Crippen LogP contribution in [-0.4, -0.2) is 54.0 Å². The quantitative estimate of drug-likeness (QED) is 0.598. The van der Waals surface area contributed by atoms with Crippen LogP contribution in [0.25, 0.3) is 0 Å². The minimum absolute atomic E-state index is 0.161. The molecule has 0 aromatic rings. The summed E-state index contributed by atoms with van der Waals surface area (Å²) in [7, 11) is 1.88. The first-order chi connectivity index (χ1) is 7.06. The van der Waals surface area contributed by atoms with Crippen molar-refractivity contribution in [2.45, 2.75) is 38.0 Å². The van der Waals surface area contributed by atoms with E-state index < -0.39 is 12.1 Å². The minimum atomic E-state index is -0.849. The molecule has 0 aliphatic carbocycles. The Bertz CT molecular complexity index is 243. The van der Waals surface area contributed by atoms with Crippen LogP contribution in [0.1, 0.15) is 19.8 Å². The number of amides is 1. The SMILES string of the molecule is C[C@@H](O)[C@@H](C=O)NC(=O)[C@@H]1CCCN1C. The normalized spacial score (nSPS) is 25.9. The third-order valence-electron chi connectivity index (χ3n) is 2.80. The van der Waals surface area contributed by atoms with E-state index in [1.54, 1.807) is 0 Å². The minimum Gasteiger partial charge on any atom is -0.391 e. The predicted molar refractivity (Wildman–Crippen MR) is 55.3 cm³/mol. The fourth-order valence-corrected chi connectivity index (χ4v) is 1.77.